The molecule has 114 valence electrons. The Morgan fingerprint density at radius 1 is 1.10 bits per heavy atom. The number of hydrogen-bond donors (Lipinski definition) is 3. The number of carbonyl (C=O) groups is 4. The molecule has 0 aliphatic heterocycles. The Bertz CT molecular complexity index is 396. The molecule has 0 aromatic heterocycles. The van der Waals surface area contributed by atoms with Crippen molar-refractivity contribution in [3.05, 3.63) is 0 Å². The van der Waals surface area contributed by atoms with Crippen LogP contribution in [0.1, 0.15) is 12.8 Å². The summed E-state index contributed by atoms with van der Waals surface area (Å²) < 4.78 is 0. The molecule has 9 nitrogen and oxygen atoms in total. The average molecular weight is 289 g/mol. The van der Waals surface area contributed by atoms with Crippen LogP contribution in [0.4, 0.5) is 4.79 Å². The summed E-state index contributed by atoms with van der Waals surface area (Å²) in [4.78, 5) is 46.7. The van der Waals surface area contributed by atoms with Crippen molar-refractivity contribution in [3.8, 4) is 0 Å². The Morgan fingerprint density at radius 2 is 1.65 bits per heavy atom. The molecule has 0 spiro atoms. The van der Waals surface area contributed by atoms with Gasteiger partial charge in [0, 0.05) is 27.6 Å². The summed E-state index contributed by atoms with van der Waals surface area (Å²) in [6, 6.07) is -2.06. The van der Waals surface area contributed by atoms with Gasteiger partial charge >= 0.3 is 18.0 Å². The van der Waals surface area contributed by atoms with Gasteiger partial charge in [-0.2, -0.15) is 0 Å². The number of carbonyl (C=O) groups excluding carboxylic acids is 2. The monoisotopic (exact) mass is 289 g/mol. The molecule has 0 heterocycles. The fourth-order valence-corrected chi connectivity index (χ4v) is 1.20. The zero-order chi connectivity index (χ0) is 15.9. The molecule has 0 aromatic carbocycles. The third-order valence-electron chi connectivity index (χ3n) is 2.46. The standard InChI is InChI=1S/C11H19N3O6/c1-13(2)8(15)6-14(3)11(20)12-7(10(18)19)4-5-9(16)17/h7H,4-6H2,1-3H3,(H,12,20)(H,16,17)(H,18,19). The lowest BCUT2D eigenvalue weighted by Gasteiger charge is -2.22. The molecule has 3 amide bonds. The number of aliphatic carboxylic acids is 2. The predicted octanol–water partition coefficient (Wildman–Crippen LogP) is -0.966. The van der Waals surface area contributed by atoms with Crippen LogP contribution >= 0.6 is 0 Å². The Balaban J connectivity index is 4.48. The largest absolute Gasteiger partial charge is 0.481 e. The van der Waals surface area contributed by atoms with E-state index in [1.54, 1.807) is 0 Å². The third kappa shape index (κ3) is 6.57. The average Bonchev–Trinajstić information content (AvgIpc) is 2.32. The van der Waals surface area contributed by atoms with E-state index < -0.39 is 24.0 Å². The molecule has 0 bridgehead atoms. The van der Waals surface area contributed by atoms with Gasteiger partial charge in [0.2, 0.25) is 5.91 Å². The van der Waals surface area contributed by atoms with Gasteiger partial charge in [-0.15, -0.1) is 0 Å². The van der Waals surface area contributed by atoms with Gasteiger partial charge in [-0.05, 0) is 6.42 Å². The molecule has 9 heteroatoms. The summed E-state index contributed by atoms with van der Waals surface area (Å²) >= 11 is 0. The van der Waals surface area contributed by atoms with Gasteiger partial charge in [-0.3, -0.25) is 9.59 Å². The lowest BCUT2D eigenvalue weighted by atomic mass is 10.1. The molecule has 1 atom stereocenters. The first kappa shape index (κ1) is 17.7. The summed E-state index contributed by atoms with van der Waals surface area (Å²) in [5.41, 5.74) is 0. The van der Waals surface area contributed by atoms with Crippen LogP contribution < -0.4 is 5.32 Å². The van der Waals surface area contributed by atoms with Crippen LogP contribution in [0.25, 0.3) is 0 Å². The Kier molecular flexibility index (Phi) is 7.05. The predicted molar refractivity (Wildman–Crippen MR) is 68.1 cm³/mol. The number of nitrogens with one attached hydrogen (secondary N) is 1. The van der Waals surface area contributed by atoms with E-state index in [1.165, 1.54) is 26.0 Å². The number of hydrogen-bond acceptors (Lipinski definition) is 4. The number of carboxylic acid groups (broad SMARTS) is 2. The van der Waals surface area contributed by atoms with Gasteiger partial charge in [0.1, 0.15) is 12.6 Å². The normalized spacial score (nSPS) is 11.3. The molecule has 0 aliphatic rings. The van der Waals surface area contributed by atoms with Crippen LogP contribution in [0.3, 0.4) is 0 Å². The second kappa shape index (κ2) is 7.97. The molecule has 0 radical (unpaired) electrons. The molecule has 0 aliphatic carbocycles. The molecular weight excluding hydrogens is 270 g/mol. The van der Waals surface area contributed by atoms with Gasteiger partial charge in [-0.25, -0.2) is 9.59 Å². The first-order valence-electron chi connectivity index (χ1n) is 5.81. The first-order valence-corrected chi connectivity index (χ1v) is 5.81. The first-order chi connectivity index (χ1) is 9.15. The maximum Gasteiger partial charge on any atom is 0.326 e. The maximum atomic E-state index is 11.7. The highest BCUT2D eigenvalue weighted by Gasteiger charge is 2.23. The fourth-order valence-electron chi connectivity index (χ4n) is 1.20. The summed E-state index contributed by atoms with van der Waals surface area (Å²) in [6.07, 6.45) is -0.608. The van der Waals surface area contributed by atoms with Crippen molar-refractivity contribution in [2.45, 2.75) is 18.9 Å². The fraction of sp³-hybridized carbons (Fsp3) is 0.636. The van der Waals surface area contributed by atoms with Crippen LogP contribution in [-0.2, 0) is 14.4 Å². The van der Waals surface area contributed by atoms with E-state index in [0.717, 1.165) is 4.90 Å². The molecular formula is C11H19N3O6. The number of urea groups is 1. The second-order valence-electron chi connectivity index (χ2n) is 4.42. The Hall–Kier alpha value is -2.32. The van der Waals surface area contributed by atoms with Crippen LogP contribution in [0.15, 0.2) is 0 Å². The van der Waals surface area contributed by atoms with Crippen LogP contribution in [0, 0.1) is 0 Å². The summed E-state index contributed by atoms with van der Waals surface area (Å²) in [5, 5.41) is 19.6. The molecule has 1 unspecified atom stereocenters. The Morgan fingerprint density at radius 3 is 2.05 bits per heavy atom. The van der Waals surface area contributed by atoms with Crippen molar-refractivity contribution in [1.82, 2.24) is 15.1 Å². The third-order valence-corrected chi connectivity index (χ3v) is 2.46. The van der Waals surface area contributed by atoms with Gasteiger partial charge in [-0.1, -0.05) is 0 Å². The van der Waals surface area contributed by atoms with E-state index >= 15 is 0 Å². The van der Waals surface area contributed by atoms with E-state index in [1.807, 2.05) is 0 Å². The van der Waals surface area contributed by atoms with Gasteiger partial charge in [0.05, 0.1) is 0 Å². The number of nitrogens with zero attached hydrogens (tertiary/aromatic N) is 2. The van der Waals surface area contributed by atoms with Crippen molar-refractivity contribution in [1.29, 1.82) is 0 Å². The number of amides is 3. The lowest BCUT2D eigenvalue weighted by molar-refractivity contribution is -0.140. The quantitative estimate of drug-likeness (QED) is 0.553. The molecule has 0 aromatic rings. The highest BCUT2D eigenvalue weighted by Crippen LogP contribution is 1.99. The topological polar surface area (TPSA) is 127 Å². The number of carboxylic acids is 2. The van der Waals surface area contributed by atoms with Crippen molar-refractivity contribution in [2.24, 2.45) is 0 Å². The van der Waals surface area contributed by atoms with E-state index in [-0.39, 0.29) is 25.3 Å². The summed E-state index contributed by atoms with van der Waals surface area (Å²) in [7, 11) is 4.40. The minimum atomic E-state index is -1.33. The molecule has 0 saturated carbocycles. The Labute approximate surface area is 116 Å². The molecule has 0 fully saturated rings. The van der Waals surface area contributed by atoms with Crippen molar-refractivity contribution < 1.29 is 29.4 Å². The highest BCUT2D eigenvalue weighted by atomic mass is 16.4. The van der Waals surface area contributed by atoms with Gasteiger partial charge in [0.25, 0.3) is 0 Å². The lowest BCUT2D eigenvalue weighted by Crippen LogP contribution is -2.49. The summed E-state index contributed by atoms with van der Waals surface area (Å²) in [6.45, 7) is -0.204. The smallest absolute Gasteiger partial charge is 0.326 e. The zero-order valence-corrected chi connectivity index (χ0v) is 11.6. The van der Waals surface area contributed by atoms with Crippen molar-refractivity contribution in [2.75, 3.05) is 27.7 Å². The molecule has 3 N–H and O–H groups in total. The van der Waals surface area contributed by atoms with Crippen LogP contribution in [0.2, 0.25) is 0 Å². The zero-order valence-electron chi connectivity index (χ0n) is 11.6. The molecule has 20 heavy (non-hydrogen) atoms. The van der Waals surface area contributed by atoms with Gasteiger partial charge in [0.15, 0.2) is 0 Å². The number of rotatable bonds is 7. The second-order valence-corrected chi connectivity index (χ2v) is 4.42. The van der Waals surface area contributed by atoms with E-state index in [2.05, 4.69) is 5.32 Å². The van der Waals surface area contributed by atoms with Crippen LogP contribution in [-0.4, -0.2) is 77.6 Å². The van der Waals surface area contributed by atoms with Crippen molar-refractivity contribution >= 4 is 23.9 Å². The number of likely N-dealkylation sites (N-methyl/N-ethyl adjacent to an activating group) is 2. The van der Waals surface area contributed by atoms with E-state index in [0.29, 0.717) is 0 Å². The minimum Gasteiger partial charge on any atom is -0.481 e. The van der Waals surface area contributed by atoms with Gasteiger partial charge < -0.3 is 25.3 Å². The summed E-state index contributed by atoms with van der Waals surface area (Å²) in [5.74, 6) is -2.80. The highest BCUT2D eigenvalue weighted by molar-refractivity contribution is 5.86. The van der Waals surface area contributed by atoms with Crippen LogP contribution in [0.5, 0.6) is 0 Å². The van der Waals surface area contributed by atoms with Crippen molar-refractivity contribution in [3.63, 3.8) is 0 Å². The van der Waals surface area contributed by atoms with E-state index in [4.69, 9.17) is 10.2 Å². The maximum absolute atomic E-state index is 11.7. The SMILES string of the molecule is CN(C)C(=O)CN(C)C(=O)NC(CCC(=O)O)C(=O)O. The molecule has 0 rings (SSSR count). The van der Waals surface area contributed by atoms with E-state index in [9.17, 15) is 19.2 Å². The molecule has 0 saturated heterocycles. The minimum absolute atomic E-state index is 0.204.